The summed E-state index contributed by atoms with van der Waals surface area (Å²) in [4.78, 5) is 0. The molecule has 0 saturated carbocycles. The standard InChI is InChI=1S/C10H28N8/c1-2-4-6-8-10-12-14-16-18-17-15-13-11-9-7-5-3-1/h11-18H,1-10H2. The molecule has 8 nitrogen and oxygen atoms in total. The first-order chi connectivity index (χ1) is 9.00. The molecule has 0 aromatic carbocycles. The molecule has 0 unspecified atom stereocenters. The van der Waals surface area contributed by atoms with Crippen molar-refractivity contribution in [2.45, 2.75) is 51.4 Å². The predicted molar refractivity (Wildman–Crippen MR) is 71.8 cm³/mol. The molecule has 1 aliphatic rings. The van der Waals surface area contributed by atoms with Crippen LogP contribution in [0.2, 0.25) is 0 Å². The quantitative estimate of drug-likeness (QED) is 0.288. The van der Waals surface area contributed by atoms with Gasteiger partial charge in [-0.3, -0.25) is 0 Å². The summed E-state index contributed by atoms with van der Waals surface area (Å²) in [7, 11) is 0. The Morgan fingerprint density at radius 1 is 0.333 bits per heavy atom. The van der Waals surface area contributed by atoms with Gasteiger partial charge in [-0.15, -0.1) is 0 Å². The molecule has 1 aliphatic heterocycles. The Morgan fingerprint density at radius 3 is 1.11 bits per heavy atom. The van der Waals surface area contributed by atoms with Crippen molar-refractivity contribution in [3.8, 4) is 0 Å². The highest BCUT2D eigenvalue weighted by atomic mass is 15.9. The van der Waals surface area contributed by atoms with Gasteiger partial charge in [-0.05, 0) is 12.8 Å². The van der Waals surface area contributed by atoms with Gasteiger partial charge in [0.15, 0.2) is 0 Å². The van der Waals surface area contributed by atoms with Crippen LogP contribution in [0.3, 0.4) is 0 Å². The van der Waals surface area contributed by atoms with E-state index in [0.29, 0.717) is 0 Å². The van der Waals surface area contributed by atoms with Crippen molar-refractivity contribution in [3.63, 3.8) is 0 Å². The normalized spacial score (nSPS) is 24.0. The SMILES string of the molecule is C1CCCCCNNNNNNNNCCCC1. The first-order valence-electron chi connectivity index (χ1n) is 6.96. The van der Waals surface area contributed by atoms with E-state index in [1.807, 2.05) is 0 Å². The van der Waals surface area contributed by atoms with Crippen molar-refractivity contribution >= 4 is 0 Å². The second-order valence-corrected chi connectivity index (χ2v) is 4.43. The van der Waals surface area contributed by atoms with E-state index in [0.717, 1.165) is 13.1 Å². The van der Waals surface area contributed by atoms with Crippen LogP contribution in [0.1, 0.15) is 51.4 Å². The lowest BCUT2D eigenvalue weighted by Crippen LogP contribution is -2.63. The molecule has 108 valence electrons. The topological polar surface area (TPSA) is 96.2 Å². The van der Waals surface area contributed by atoms with Crippen LogP contribution in [0.25, 0.3) is 0 Å². The lowest BCUT2D eigenvalue weighted by Gasteiger charge is -2.13. The molecule has 0 spiro atoms. The maximum Gasteiger partial charge on any atom is 0.0113 e. The minimum Gasteiger partial charge on any atom is -0.243 e. The smallest absolute Gasteiger partial charge is 0.0113 e. The van der Waals surface area contributed by atoms with E-state index >= 15 is 0 Å². The van der Waals surface area contributed by atoms with Crippen molar-refractivity contribution in [1.82, 2.24) is 44.1 Å². The highest BCUT2D eigenvalue weighted by Crippen LogP contribution is 2.07. The lowest BCUT2D eigenvalue weighted by atomic mass is 10.1. The second-order valence-electron chi connectivity index (χ2n) is 4.43. The number of hydrogen-bond donors (Lipinski definition) is 8. The molecule has 8 N–H and O–H groups in total. The third kappa shape index (κ3) is 10.8. The van der Waals surface area contributed by atoms with Crippen LogP contribution in [0, 0.1) is 0 Å². The third-order valence-corrected chi connectivity index (χ3v) is 2.84. The average molecular weight is 260 g/mol. The lowest BCUT2D eigenvalue weighted by molar-refractivity contribution is 0.254. The maximum atomic E-state index is 3.06. The monoisotopic (exact) mass is 260 g/mol. The number of nitrogens with one attached hydrogen (secondary N) is 8. The highest BCUT2D eigenvalue weighted by molar-refractivity contribution is 4.49. The molecule has 0 aliphatic carbocycles. The first kappa shape index (κ1) is 15.7. The van der Waals surface area contributed by atoms with Gasteiger partial charge < -0.3 is 0 Å². The Labute approximate surface area is 109 Å². The van der Waals surface area contributed by atoms with Crippen LogP contribution in [-0.2, 0) is 0 Å². The predicted octanol–water partition coefficient (Wildman–Crippen LogP) is -0.757. The number of hydrogen-bond acceptors (Lipinski definition) is 8. The van der Waals surface area contributed by atoms with Crippen molar-refractivity contribution in [1.29, 1.82) is 0 Å². The molecule has 0 aromatic rings. The molecule has 1 heterocycles. The molecular formula is C10H28N8. The van der Waals surface area contributed by atoms with E-state index in [1.54, 1.807) is 0 Å². The van der Waals surface area contributed by atoms with Crippen LogP contribution < -0.4 is 44.1 Å². The van der Waals surface area contributed by atoms with E-state index in [-0.39, 0.29) is 0 Å². The summed E-state index contributed by atoms with van der Waals surface area (Å²) in [5.74, 6) is 0. The molecule has 8 heteroatoms. The fraction of sp³-hybridized carbons (Fsp3) is 1.00. The molecule has 0 amide bonds. The van der Waals surface area contributed by atoms with Crippen LogP contribution in [-0.4, -0.2) is 13.1 Å². The van der Waals surface area contributed by atoms with E-state index in [9.17, 15) is 0 Å². The summed E-state index contributed by atoms with van der Waals surface area (Å²) in [6.45, 7) is 1.92. The fourth-order valence-electron chi connectivity index (χ4n) is 1.83. The Bertz CT molecular complexity index is 92.9. The van der Waals surface area contributed by atoms with Gasteiger partial charge in [0.2, 0.25) is 0 Å². The third-order valence-electron chi connectivity index (χ3n) is 2.84. The van der Waals surface area contributed by atoms with Crippen LogP contribution in [0.4, 0.5) is 0 Å². The minimum absolute atomic E-state index is 0.960. The van der Waals surface area contributed by atoms with Gasteiger partial charge in [0.25, 0.3) is 0 Å². The van der Waals surface area contributed by atoms with Crippen molar-refractivity contribution in [2.24, 2.45) is 0 Å². The van der Waals surface area contributed by atoms with Crippen molar-refractivity contribution < 1.29 is 0 Å². The first-order valence-corrected chi connectivity index (χ1v) is 6.96. The zero-order valence-electron chi connectivity index (χ0n) is 11.1. The van der Waals surface area contributed by atoms with Gasteiger partial charge in [0.1, 0.15) is 0 Å². The Balaban J connectivity index is 2.00. The summed E-state index contributed by atoms with van der Waals surface area (Å²) in [5, 5.41) is 0. The molecule has 18 heavy (non-hydrogen) atoms. The van der Waals surface area contributed by atoms with Gasteiger partial charge in [0.05, 0.1) is 0 Å². The van der Waals surface area contributed by atoms with E-state index in [2.05, 4.69) is 44.1 Å². The highest BCUT2D eigenvalue weighted by Gasteiger charge is 1.93. The summed E-state index contributed by atoms with van der Waals surface area (Å²) < 4.78 is 0. The molecule has 1 saturated heterocycles. The molecule has 0 atom stereocenters. The van der Waals surface area contributed by atoms with Gasteiger partial charge in [-0.2, -0.15) is 33.2 Å². The van der Waals surface area contributed by atoms with Crippen molar-refractivity contribution in [2.75, 3.05) is 13.1 Å². The largest absolute Gasteiger partial charge is 0.243 e. The molecule has 1 fully saturated rings. The Morgan fingerprint density at radius 2 is 0.667 bits per heavy atom. The zero-order chi connectivity index (χ0) is 12.7. The summed E-state index contributed by atoms with van der Waals surface area (Å²) in [5.41, 5.74) is 22.7. The van der Waals surface area contributed by atoms with Crippen LogP contribution in [0.15, 0.2) is 0 Å². The fourth-order valence-corrected chi connectivity index (χ4v) is 1.83. The molecule has 1 rings (SSSR count). The Hall–Kier alpha value is -0.320. The zero-order valence-corrected chi connectivity index (χ0v) is 11.1. The minimum atomic E-state index is 0.960. The molecule has 0 bridgehead atoms. The maximum absolute atomic E-state index is 3.06. The molecular weight excluding hydrogens is 232 g/mol. The van der Waals surface area contributed by atoms with Crippen LogP contribution >= 0.6 is 0 Å². The summed E-state index contributed by atoms with van der Waals surface area (Å²) >= 11 is 0. The number of hydrazine groups is 7. The van der Waals surface area contributed by atoms with E-state index in [1.165, 1.54) is 51.4 Å². The van der Waals surface area contributed by atoms with E-state index < -0.39 is 0 Å². The second kappa shape index (κ2) is 13.1. The van der Waals surface area contributed by atoms with Gasteiger partial charge in [-0.25, -0.2) is 10.9 Å². The summed E-state index contributed by atoms with van der Waals surface area (Å²) in [6.07, 6.45) is 10.4. The molecule has 0 aromatic heterocycles. The van der Waals surface area contributed by atoms with Crippen molar-refractivity contribution in [3.05, 3.63) is 0 Å². The van der Waals surface area contributed by atoms with Crippen LogP contribution in [0.5, 0.6) is 0 Å². The van der Waals surface area contributed by atoms with E-state index in [4.69, 9.17) is 0 Å². The molecule has 0 radical (unpaired) electrons. The van der Waals surface area contributed by atoms with Gasteiger partial charge >= 0.3 is 0 Å². The average Bonchev–Trinajstić information content (AvgIpc) is 2.39. The van der Waals surface area contributed by atoms with Gasteiger partial charge in [-0.1, -0.05) is 38.5 Å². The summed E-state index contributed by atoms with van der Waals surface area (Å²) in [6, 6.07) is 0. The number of rotatable bonds is 0. The van der Waals surface area contributed by atoms with Gasteiger partial charge in [0, 0.05) is 13.1 Å². The Kier molecular flexibility index (Phi) is 11.5.